The predicted molar refractivity (Wildman–Crippen MR) is 76.8 cm³/mol. The largest absolute Gasteiger partial charge is 0.261 e. The fourth-order valence-electron chi connectivity index (χ4n) is 1.88. The molecule has 0 aliphatic carbocycles. The number of amidine groups is 2. The van der Waals surface area contributed by atoms with Gasteiger partial charge < -0.3 is 0 Å². The van der Waals surface area contributed by atoms with E-state index in [1.807, 2.05) is 48.5 Å². The molecule has 0 radical (unpaired) electrons. The summed E-state index contributed by atoms with van der Waals surface area (Å²) in [7, 11) is 0. The first-order valence-corrected chi connectivity index (χ1v) is 6.17. The highest BCUT2D eigenvalue weighted by atomic mass is 15.5. The van der Waals surface area contributed by atoms with Crippen molar-refractivity contribution in [2.75, 3.05) is 0 Å². The molecule has 0 unspecified atom stereocenters. The Balaban J connectivity index is 1.67. The summed E-state index contributed by atoms with van der Waals surface area (Å²) in [6.45, 7) is 0. The van der Waals surface area contributed by atoms with E-state index in [9.17, 15) is 0 Å². The summed E-state index contributed by atoms with van der Waals surface area (Å²) in [5, 5.41) is 8.61. The van der Waals surface area contributed by atoms with Gasteiger partial charge in [0.1, 0.15) is 5.84 Å². The third kappa shape index (κ3) is 2.80. The van der Waals surface area contributed by atoms with Crippen molar-refractivity contribution in [3.8, 4) is 0 Å². The van der Waals surface area contributed by atoms with Gasteiger partial charge in [-0.3, -0.25) is 10.9 Å². The summed E-state index contributed by atoms with van der Waals surface area (Å²) in [4.78, 5) is 0. The van der Waals surface area contributed by atoms with Gasteiger partial charge in [-0.1, -0.05) is 60.7 Å². The van der Waals surface area contributed by atoms with Crippen molar-refractivity contribution in [3.63, 3.8) is 0 Å². The monoisotopic (exact) mass is 250 g/mol. The first-order chi connectivity index (χ1) is 9.42. The molecule has 1 aliphatic rings. The normalized spacial score (nSPS) is 13.9. The first kappa shape index (κ1) is 11.5. The summed E-state index contributed by atoms with van der Waals surface area (Å²) in [5.41, 5.74) is 8.19. The Bertz CT molecular complexity index is 603. The van der Waals surface area contributed by atoms with E-state index < -0.39 is 0 Å². The van der Waals surface area contributed by atoms with E-state index in [1.54, 1.807) is 0 Å². The molecule has 4 heteroatoms. The van der Waals surface area contributed by atoms with E-state index in [0.29, 0.717) is 0 Å². The van der Waals surface area contributed by atoms with E-state index in [4.69, 9.17) is 0 Å². The maximum Gasteiger partial charge on any atom is 0.173 e. The maximum atomic E-state index is 4.31. The highest BCUT2D eigenvalue weighted by molar-refractivity contribution is 6.01. The lowest BCUT2D eigenvalue weighted by Crippen LogP contribution is -2.35. The number of hydrogen-bond donors (Lipinski definition) is 2. The molecule has 0 amide bonds. The molecule has 0 saturated carbocycles. The molecule has 3 rings (SSSR count). The number of nitrogens with zero attached hydrogens (tertiary/aromatic N) is 2. The van der Waals surface area contributed by atoms with Gasteiger partial charge in [-0.2, -0.15) is 10.2 Å². The van der Waals surface area contributed by atoms with Gasteiger partial charge in [-0.15, -0.1) is 0 Å². The SMILES string of the molecule is c1ccc(CC2=NNC(c3ccccc3)=NN2)cc1. The molecule has 19 heavy (non-hydrogen) atoms. The molecule has 0 bridgehead atoms. The van der Waals surface area contributed by atoms with Gasteiger partial charge in [0, 0.05) is 12.0 Å². The lowest BCUT2D eigenvalue weighted by atomic mass is 10.1. The zero-order chi connectivity index (χ0) is 12.9. The Hall–Kier alpha value is -2.62. The van der Waals surface area contributed by atoms with Crippen molar-refractivity contribution in [3.05, 3.63) is 71.8 Å². The van der Waals surface area contributed by atoms with Crippen LogP contribution in [0.1, 0.15) is 11.1 Å². The average Bonchev–Trinajstić information content (AvgIpc) is 2.50. The van der Waals surface area contributed by atoms with Crippen molar-refractivity contribution in [2.24, 2.45) is 10.2 Å². The average molecular weight is 250 g/mol. The lowest BCUT2D eigenvalue weighted by molar-refractivity contribution is 0.862. The fourth-order valence-corrected chi connectivity index (χ4v) is 1.88. The van der Waals surface area contributed by atoms with Crippen LogP contribution in [-0.2, 0) is 6.42 Å². The van der Waals surface area contributed by atoms with Crippen LogP contribution in [0, 0.1) is 0 Å². The Morgan fingerprint density at radius 1 is 0.737 bits per heavy atom. The second-order valence-electron chi connectivity index (χ2n) is 4.27. The Labute approximate surface area is 111 Å². The molecule has 2 aromatic carbocycles. The van der Waals surface area contributed by atoms with E-state index in [2.05, 4.69) is 33.2 Å². The summed E-state index contributed by atoms with van der Waals surface area (Å²) in [6.07, 6.45) is 0.736. The Kier molecular flexibility index (Phi) is 3.23. The summed E-state index contributed by atoms with van der Waals surface area (Å²) in [6, 6.07) is 20.1. The van der Waals surface area contributed by atoms with Crippen LogP contribution in [0.25, 0.3) is 0 Å². The van der Waals surface area contributed by atoms with Gasteiger partial charge in [-0.25, -0.2) is 0 Å². The van der Waals surface area contributed by atoms with Crippen LogP contribution < -0.4 is 10.9 Å². The van der Waals surface area contributed by atoms with Gasteiger partial charge in [0.25, 0.3) is 0 Å². The van der Waals surface area contributed by atoms with Gasteiger partial charge in [0.2, 0.25) is 0 Å². The second kappa shape index (κ2) is 5.35. The minimum Gasteiger partial charge on any atom is -0.261 e. The van der Waals surface area contributed by atoms with Crippen LogP contribution in [0.4, 0.5) is 0 Å². The molecule has 0 atom stereocenters. The van der Waals surface area contributed by atoms with Gasteiger partial charge >= 0.3 is 0 Å². The maximum absolute atomic E-state index is 4.31. The number of nitrogens with one attached hydrogen (secondary N) is 2. The number of benzene rings is 2. The van der Waals surface area contributed by atoms with Gasteiger partial charge in [0.05, 0.1) is 0 Å². The van der Waals surface area contributed by atoms with E-state index in [-0.39, 0.29) is 0 Å². The summed E-state index contributed by atoms with van der Waals surface area (Å²) in [5.74, 6) is 1.54. The smallest absolute Gasteiger partial charge is 0.173 e. The zero-order valence-electron chi connectivity index (χ0n) is 10.4. The molecule has 2 N–H and O–H groups in total. The quantitative estimate of drug-likeness (QED) is 0.876. The minimum atomic E-state index is 0.734. The number of hydrazone groups is 2. The van der Waals surface area contributed by atoms with Gasteiger partial charge in [-0.05, 0) is 5.56 Å². The van der Waals surface area contributed by atoms with Crippen molar-refractivity contribution >= 4 is 11.7 Å². The van der Waals surface area contributed by atoms with Crippen molar-refractivity contribution in [1.82, 2.24) is 10.9 Å². The highest BCUT2D eigenvalue weighted by Gasteiger charge is 2.09. The molecule has 0 fully saturated rings. The van der Waals surface area contributed by atoms with Crippen LogP contribution in [0.3, 0.4) is 0 Å². The van der Waals surface area contributed by atoms with Crippen molar-refractivity contribution in [1.29, 1.82) is 0 Å². The highest BCUT2D eigenvalue weighted by Crippen LogP contribution is 2.04. The van der Waals surface area contributed by atoms with Crippen LogP contribution in [0.15, 0.2) is 70.9 Å². The van der Waals surface area contributed by atoms with Gasteiger partial charge in [0.15, 0.2) is 5.84 Å². The minimum absolute atomic E-state index is 0.734. The predicted octanol–water partition coefficient (Wildman–Crippen LogP) is 2.10. The third-order valence-corrected chi connectivity index (χ3v) is 2.86. The molecule has 0 spiro atoms. The number of rotatable bonds is 3. The molecule has 1 heterocycles. The third-order valence-electron chi connectivity index (χ3n) is 2.86. The lowest BCUT2D eigenvalue weighted by Gasteiger charge is -2.14. The molecule has 94 valence electrons. The Morgan fingerprint density at radius 2 is 1.42 bits per heavy atom. The van der Waals surface area contributed by atoms with Crippen molar-refractivity contribution < 1.29 is 0 Å². The molecular weight excluding hydrogens is 236 g/mol. The molecule has 0 aromatic heterocycles. The second-order valence-corrected chi connectivity index (χ2v) is 4.27. The van der Waals surface area contributed by atoms with Crippen LogP contribution in [-0.4, -0.2) is 11.7 Å². The molecule has 0 saturated heterocycles. The van der Waals surface area contributed by atoms with E-state index in [1.165, 1.54) is 5.56 Å². The van der Waals surface area contributed by atoms with E-state index in [0.717, 1.165) is 23.7 Å². The van der Waals surface area contributed by atoms with Crippen LogP contribution in [0.5, 0.6) is 0 Å². The molecule has 4 nitrogen and oxygen atoms in total. The molecule has 1 aliphatic heterocycles. The van der Waals surface area contributed by atoms with Crippen LogP contribution in [0.2, 0.25) is 0 Å². The number of hydrogen-bond acceptors (Lipinski definition) is 4. The zero-order valence-corrected chi connectivity index (χ0v) is 10.4. The van der Waals surface area contributed by atoms with E-state index >= 15 is 0 Å². The topological polar surface area (TPSA) is 48.8 Å². The summed E-state index contributed by atoms with van der Waals surface area (Å²) < 4.78 is 0. The summed E-state index contributed by atoms with van der Waals surface area (Å²) >= 11 is 0. The Morgan fingerprint density at radius 3 is 2.05 bits per heavy atom. The first-order valence-electron chi connectivity index (χ1n) is 6.17. The van der Waals surface area contributed by atoms with Crippen molar-refractivity contribution in [2.45, 2.75) is 6.42 Å². The van der Waals surface area contributed by atoms with Crippen LogP contribution >= 0.6 is 0 Å². The standard InChI is InChI=1S/C15H14N4/c1-3-7-12(8-4-1)11-14-16-18-15(19-17-14)13-9-5-2-6-10-13/h1-10H,11H2,(H,16,17)(H,18,19). The fraction of sp³-hybridized carbons (Fsp3) is 0.0667. The molecule has 2 aromatic rings. The molecular formula is C15H14N4.